The van der Waals surface area contributed by atoms with Gasteiger partial charge in [-0.25, -0.2) is 0 Å². The van der Waals surface area contributed by atoms with E-state index in [9.17, 15) is 9.59 Å². The fourth-order valence-corrected chi connectivity index (χ4v) is 2.90. The van der Waals surface area contributed by atoms with Crippen LogP contribution >= 0.6 is 11.6 Å². The van der Waals surface area contributed by atoms with E-state index in [1.165, 1.54) is 0 Å². The molecule has 2 N–H and O–H groups in total. The number of amides is 2. The van der Waals surface area contributed by atoms with Crippen LogP contribution in [0.15, 0.2) is 28.7 Å². The molecule has 1 saturated heterocycles. The van der Waals surface area contributed by atoms with Gasteiger partial charge in [0.1, 0.15) is 11.1 Å². The topological polar surface area (TPSA) is 71.3 Å². The van der Waals surface area contributed by atoms with Gasteiger partial charge in [-0.1, -0.05) is 18.2 Å². The first kappa shape index (κ1) is 13.9. The van der Waals surface area contributed by atoms with Crippen molar-refractivity contribution in [1.82, 2.24) is 10.6 Å². The largest absolute Gasteiger partial charge is 0.444 e. The molecule has 0 saturated carbocycles. The van der Waals surface area contributed by atoms with Crippen LogP contribution in [0, 0.1) is 0 Å². The quantitative estimate of drug-likeness (QED) is 0.895. The maximum Gasteiger partial charge on any atom is 0.257 e. The van der Waals surface area contributed by atoms with Gasteiger partial charge in [0.05, 0.1) is 0 Å². The Hall–Kier alpha value is -2.01. The average Bonchev–Trinajstić information content (AvgIpc) is 2.77. The monoisotopic (exact) mass is 306 g/mol. The molecule has 1 aliphatic heterocycles. The SMILES string of the molecule is CC1NC(=O)CCC1NC(=O)c1c(Cl)oc2ccccc12. The first-order valence-electron chi connectivity index (χ1n) is 6.83. The number of piperidine rings is 1. The molecule has 2 aromatic rings. The number of carbonyl (C=O) groups is 2. The minimum atomic E-state index is -0.280. The molecule has 1 aromatic heterocycles. The highest BCUT2D eigenvalue weighted by Gasteiger charge is 2.28. The number of carbonyl (C=O) groups excluding carboxylic acids is 2. The highest BCUT2D eigenvalue weighted by Crippen LogP contribution is 2.29. The van der Waals surface area contributed by atoms with Crippen molar-refractivity contribution in [1.29, 1.82) is 0 Å². The Morgan fingerprint density at radius 2 is 2.19 bits per heavy atom. The number of hydrogen-bond acceptors (Lipinski definition) is 3. The molecular formula is C15H15ClN2O3. The van der Waals surface area contributed by atoms with E-state index in [1.807, 2.05) is 19.1 Å². The zero-order valence-corrected chi connectivity index (χ0v) is 12.2. The van der Waals surface area contributed by atoms with Crippen LogP contribution in [-0.2, 0) is 4.79 Å². The molecule has 2 amide bonds. The van der Waals surface area contributed by atoms with E-state index in [2.05, 4.69) is 10.6 Å². The molecule has 1 fully saturated rings. The summed E-state index contributed by atoms with van der Waals surface area (Å²) in [6.45, 7) is 1.87. The lowest BCUT2D eigenvalue weighted by molar-refractivity contribution is -0.123. The lowest BCUT2D eigenvalue weighted by Gasteiger charge is -2.30. The van der Waals surface area contributed by atoms with Crippen molar-refractivity contribution in [2.24, 2.45) is 0 Å². The third-order valence-corrected chi connectivity index (χ3v) is 4.04. The summed E-state index contributed by atoms with van der Waals surface area (Å²) < 4.78 is 5.39. The van der Waals surface area contributed by atoms with Crippen LogP contribution in [0.3, 0.4) is 0 Å². The molecular weight excluding hydrogens is 292 g/mol. The lowest BCUT2D eigenvalue weighted by Crippen LogP contribution is -2.53. The van der Waals surface area contributed by atoms with Gasteiger partial charge in [-0.2, -0.15) is 0 Å². The second-order valence-corrected chi connectivity index (χ2v) is 5.57. The van der Waals surface area contributed by atoms with Crippen LogP contribution in [0.1, 0.15) is 30.1 Å². The van der Waals surface area contributed by atoms with Gasteiger partial charge in [-0.3, -0.25) is 9.59 Å². The molecule has 5 nitrogen and oxygen atoms in total. The van der Waals surface area contributed by atoms with Gasteiger partial charge in [0, 0.05) is 23.9 Å². The number of nitrogens with one attached hydrogen (secondary N) is 2. The number of furan rings is 1. The first-order chi connectivity index (χ1) is 10.1. The molecule has 0 radical (unpaired) electrons. The number of benzene rings is 1. The van der Waals surface area contributed by atoms with Crippen molar-refractivity contribution in [2.45, 2.75) is 31.8 Å². The van der Waals surface area contributed by atoms with Crippen LogP contribution in [0.25, 0.3) is 11.0 Å². The van der Waals surface area contributed by atoms with E-state index in [0.29, 0.717) is 29.4 Å². The second kappa shape index (κ2) is 5.41. The smallest absolute Gasteiger partial charge is 0.257 e. The van der Waals surface area contributed by atoms with Crippen LogP contribution < -0.4 is 10.6 Å². The molecule has 0 aliphatic carbocycles. The van der Waals surface area contributed by atoms with E-state index in [-0.39, 0.29) is 29.1 Å². The van der Waals surface area contributed by atoms with Gasteiger partial charge in [-0.15, -0.1) is 0 Å². The molecule has 2 heterocycles. The maximum atomic E-state index is 12.5. The van der Waals surface area contributed by atoms with Crippen LogP contribution in [-0.4, -0.2) is 23.9 Å². The van der Waals surface area contributed by atoms with Crippen molar-refractivity contribution in [2.75, 3.05) is 0 Å². The molecule has 0 spiro atoms. The maximum absolute atomic E-state index is 12.5. The predicted octanol–water partition coefficient (Wildman–Crippen LogP) is 2.48. The summed E-state index contributed by atoms with van der Waals surface area (Å²) in [5.74, 6) is -0.266. The molecule has 21 heavy (non-hydrogen) atoms. The highest BCUT2D eigenvalue weighted by atomic mass is 35.5. The van der Waals surface area contributed by atoms with Gasteiger partial charge in [0.25, 0.3) is 5.91 Å². The Labute approximate surface area is 126 Å². The number of para-hydroxylation sites is 1. The molecule has 2 unspecified atom stereocenters. The van der Waals surface area contributed by atoms with Crippen LogP contribution in [0.5, 0.6) is 0 Å². The van der Waals surface area contributed by atoms with E-state index >= 15 is 0 Å². The van der Waals surface area contributed by atoms with Crippen LogP contribution in [0.4, 0.5) is 0 Å². The normalized spacial score (nSPS) is 22.1. The zero-order chi connectivity index (χ0) is 15.0. The Morgan fingerprint density at radius 1 is 1.43 bits per heavy atom. The van der Waals surface area contributed by atoms with Crippen molar-refractivity contribution in [3.05, 3.63) is 35.0 Å². The van der Waals surface area contributed by atoms with Gasteiger partial charge >= 0.3 is 0 Å². The summed E-state index contributed by atoms with van der Waals surface area (Å²) in [6.07, 6.45) is 1.03. The fraction of sp³-hybridized carbons (Fsp3) is 0.333. The second-order valence-electron chi connectivity index (χ2n) is 5.22. The molecule has 1 aromatic carbocycles. The summed E-state index contributed by atoms with van der Waals surface area (Å²) in [4.78, 5) is 23.8. The molecule has 3 rings (SSSR count). The Kier molecular flexibility index (Phi) is 3.59. The van der Waals surface area contributed by atoms with E-state index in [4.69, 9.17) is 16.0 Å². The van der Waals surface area contributed by atoms with Crippen molar-refractivity contribution < 1.29 is 14.0 Å². The summed E-state index contributed by atoms with van der Waals surface area (Å²) >= 11 is 6.04. The Morgan fingerprint density at radius 3 is 2.95 bits per heavy atom. The number of fused-ring (bicyclic) bond motifs is 1. The predicted molar refractivity (Wildman–Crippen MR) is 79.3 cm³/mol. The standard InChI is InChI=1S/C15H15ClN2O3/c1-8-10(6-7-12(19)17-8)18-15(20)13-9-4-2-3-5-11(9)21-14(13)16/h2-5,8,10H,6-7H2,1H3,(H,17,19)(H,18,20). The summed E-state index contributed by atoms with van der Waals surface area (Å²) in [6, 6.07) is 7.00. The number of rotatable bonds is 2. The molecule has 6 heteroatoms. The Bertz CT molecular complexity index is 710. The van der Waals surface area contributed by atoms with Gasteiger partial charge < -0.3 is 15.1 Å². The highest BCUT2D eigenvalue weighted by molar-refractivity contribution is 6.34. The fourth-order valence-electron chi connectivity index (χ4n) is 2.63. The number of hydrogen-bond donors (Lipinski definition) is 2. The van der Waals surface area contributed by atoms with Crippen molar-refractivity contribution in [3.63, 3.8) is 0 Å². The minimum absolute atomic E-state index is 0.0137. The third kappa shape index (κ3) is 2.61. The van der Waals surface area contributed by atoms with Crippen LogP contribution in [0.2, 0.25) is 5.22 Å². The summed E-state index contributed by atoms with van der Waals surface area (Å²) in [5, 5.41) is 6.52. The zero-order valence-electron chi connectivity index (χ0n) is 11.5. The average molecular weight is 307 g/mol. The van der Waals surface area contributed by atoms with Gasteiger partial charge in [0.2, 0.25) is 11.1 Å². The van der Waals surface area contributed by atoms with Crippen molar-refractivity contribution >= 4 is 34.4 Å². The number of halogens is 1. The van der Waals surface area contributed by atoms with Crippen molar-refractivity contribution in [3.8, 4) is 0 Å². The molecule has 110 valence electrons. The van der Waals surface area contributed by atoms with Gasteiger partial charge in [-0.05, 0) is 31.0 Å². The van der Waals surface area contributed by atoms with E-state index in [0.717, 1.165) is 0 Å². The lowest BCUT2D eigenvalue weighted by atomic mass is 9.99. The Balaban J connectivity index is 1.84. The third-order valence-electron chi connectivity index (χ3n) is 3.77. The molecule has 2 atom stereocenters. The van der Waals surface area contributed by atoms with Gasteiger partial charge in [0.15, 0.2) is 0 Å². The molecule has 0 bridgehead atoms. The minimum Gasteiger partial charge on any atom is -0.444 e. The summed E-state index contributed by atoms with van der Waals surface area (Å²) in [5.41, 5.74) is 0.925. The molecule has 1 aliphatic rings. The van der Waals surface area contributed by atoms with E-state index < -0.39 is 0 Å². The summed E-state index contributed by atoms with van der Waals surface area (Å²) in [7, 11) is 0. The van der Waals surface area contributed by atoms with E-state index in [1.54, 1.807) is 12.1 Å². The first-order valence-corrected chi connectivity index (χ1v) is 7.21.